The number of aliphatic carboxylic acids is 1. The number of rotatable bonds is 7. The van der Waals surface area contributed by atoms with Crippen LogP contribution in [0, 0.1) is 11.8 Å². The van der Waals surface area contributed by atoms with Crippen LogP contribution in [0.5, 0.6) is 0 Å². The molecule has 2 aliphatic heterocycles. The van der Waals surface area contributed by atoms with Crippen LogP contribution < -0.4 is 10.6 Å². The number of amides is 1. The van der Waals surface area contributed by atoms with Crippen LogP contribution in [0.3, 0.4) is 0 Å². The topological polar surface area (TPSA) is 81.7 Å². The van der Waals surface area contributed by atoms with Gasteiger partial charge in [-0.2, -0.15) is 0 Å². The Kier molecular flexibility index (Phi) is 8.40. The number of likely N-dealkylation sites (tertiary alicyclic amines) is 1. The largest absolute Gasteiger partial charge is 0.480 e. The maximum absolute atomic E-state index is 12.6. The SMILES string of the molecule is O=C(O)CN1CCC(NC2CC(=O)NC3CCC(C(c4ccc(Cl)cc4)c4ccc(Cl)cc4)CC32)CC1. The fraction of sp³-hybridized carbons (Fsp3) is 0.517. The van der Waals surface area contributed by atoms with E-state index in [1.54, 1.807) is 0 Å². The van der Waals surface area contributed by atoms with Crippen LogP contribution in [0.25, 0.3) is 0 Å². The molecule has 3 fully saturated rings. The van der Waals surface area contributed by atoms with Crippen LogP contribution in [-0.4, -0.2) is 59.6 Å². The van der Waals surface area contributed by atoms with Gasteiger partial charge in [-0.05, 0) is 79.3 Å². The summed E-state index contributed by atoms with van der Waals surface area (Å²) in [6.07, 6.45) is 5.34. The van der Waals surface area contributed by atoms with Gasteiger partial charge in [-0.3, -0.25) is 14.5 Å². The van der Waals surface area contributed by atoms with E-state index in [1.165, 1.54) is 11.1 Å². The Morgan fingerprint density at radius 2 is 1.57 bits per heavy atom. The zero-order chi connectivity index (χ0) is 25.9. The van der Waals surface area contributed by atoms with Gasteiger partial charge in [0, 0.05) is 53.6 Å². The summed E-state index contributed by atoms with van der Waals surface area (Å²) in [5, 5.41) is 17.7. The molecule has 2 aromatic carbocycles. The minimum atomic E-state index is -0.776. The monoisotopic (exact) mass is 543 g/mol. The Morgan fingerprint density at radius 1 is 0.973 bits per heavy atom. The van der Waals surface area contributed by atoms with Crippen molar-refractivity contribution >= 4 is 35.1 Å². The number of hydrogen-bond donors (Lipinski definition) is 3. The van der Waals surface area contributed by atoms with Crippen molar-refractivity contribution in [3.05, 3.63) is 69.7 Å². The van der Waals surface area contributed by atoms with Gasteiger partial charge in [0.25, 0.3) is 0 Å². The first-order chi connectivity index (χ1) is 17.9. The predicted octanol–water partition coefficient (Wildman–Crippen LogP) is 4.94. The Balaban J connectivity index is 1.33. The number of carboxylic acid groups (broad SMARTS) is 1. The van der Waals surface area contributed by atoms with Gasteiger partial charge in [-0.15, -0.1) is 0 Å². The molecule has 4 atom stereocenters. The highest BCUT2D eigenvalue weighted by Crippen LogP contribution is 2.45. The molecule has 0 aromatic heterocycles. The number of carboxylic acids is 1. The van der Waals surface area contributed by atoms with E-state index < -0.39 is 5.97 Å². The second kappa shape index (κ2) is 11.7. The van der Waals surface area contributed by atoms with Crippen molar-refractivity contribution in [1.29, 1.82) is 0 Å². The fourth-order valence-corrected chi connectivity index (χ4v) is 7.05. The van der Waals surface area contributed by atoms with Crippen molar-refractivity contribution in [1.82, 2.24) is 15.5 Å². The number of hydrogen-bond acceptors (Lipinski definition) is 4. The summed E-state index contributed by atoms with van der Waals surface area (Å²) < 4.78 is 0. The Bertz CT molecular complexity index is 1040. The predicted molar refractivity (Wildman–Crippen MR) is 146 cm³/mol. The number of nitrogens with zero attached hydrogens (tertiary/aromatic N) is 1. The van der Waals surface area contributed by atoms with Gasteiger partial charge in [0.15, 0.2) is 0 Å². The van der Waals surface area contributed by atoms with Crippen molar-refractivity contribution < 1.29 is 14.7 Å². The fourth-order valence-electron chi connectivity index (χ4n) is 6.79. The lowest BCUT2D eigenvalue weighted by Crippen LogP contribution is -2.60. The van der Waals surface area contributed by atoms with E-state index in [-0.39, 0.29) is 30.5 Å². The zero-order valence-electron chi connectivity index (χ0n) is 20.9. The van der Waals surface area contributed by atoms with E-state index in [2.05, 4.69) is 34.9 Å². The maximum atomic E-state index is 12.6. The third-order valence-electron chi connectivity index (χ3n) is 8.53. The van der Waals surface area contributed by atoms with Gasteiger partial charge in [0.05, 0.1) is 6.54 Å². The van der Waals surface area contributed by atoms with Gasteiger partial charge in [0.1, 0.15) is 0 Å². The number of nitrogens with one attached hydrogen (secondary N) is 2. The van der Waals surface area contributed by atoms with Crippen molar-refractivity contribution in [3.8, 4) is 0 Å². The molecule has 1 amide bonds. The molecule has 2 heterocycles. The molecular weight excluding hydrogens is 509 g/mol. The Hall–Kier alpha value is -2.12. The summed E-state index contributed by atoms with van der Waals surface area (Å²) in [5.41, 5.74) is 2.51. The van der Waals surface area contributed by atoms with Crippen LogP contribution in [0.15, 0.2) is 48.5 Å². The van der Waals surface area contributed by atoms with E-state index >= 15 is 0 Å². The lowest BCUT2D eigenvalue weighted by Gasteiger charge is -2.47. The van der Waals surface area contributed by atoms with Crippen molar-refractivity contribution in [2.75, 3.05) is 19.6 Å². The molecule has 1 saturated carbocycles. The Labute approximate surface area is 228 Å². The van der Waals surface area contributed by atoms with Gasteiger partial charge >= 0.3 is 5.97 Å². The minimum absolute atomic E-state index is 0.0989. The molecule has 198 valence electrons. The first kappa shape index (κ1) is 26.5. The maximum Gasteiger partial charge on any atom is 0.317 e. The van der Waals surface area contributed by atoms with Crippen molar-refractivity contribution in [3.63, 3.8) is 0 Å². The summed E-state index contributed by atoms with van der Waals surface area (Å²) in [4.78, 5) is 25.7. The number of halogens is 2. The molecule has 0 radical (unpaired) electrons. The van der Waals surface area contributed by atoms with Crippen LogP contribution in [0.4, 0.5) is 0 Å². The molecule has 1 aliphatic carbocycles. The van der Waals surface area contributed by atoms with Gasteiger partial charge < -0.3 is 15.7 Å². The molecule has 0 spiro atoms. The highest BCUT2D eigenvalue weighted by Gasteiger charge is 2.43. The molecule has 4 unspecified atom stereocenters. The first-order valence-corrected chi connectivity index (χ1v) is 14.1. The molecule has 2 saturated heterocycles. The second-order valence-corrected chi connectivity index (χ2v) is 11.8. The normalized spacial score (nSPS) is 27.1. The highest BCUT2D eigenvalue weighted by atomic mass is 35.5. The summed E-state index contributed by atoms with van der Waals surface area (Å²) in [6, 6.07) is 17.0. The van der Waals surface area contributed by atoms with Crippen LogP contribution in [-0.2, 0) is 9.59 Å². The van der Waals surface area contributed by atoms with Gasteiger partial charge in [-0.25, -0.2) is 0 Å². The molecule has 2 aromatic rings. The molecule has 8 heteroatoms. The lowest BCUT2D eigenvalue weighted by atomic mass is 9.65. The smallest absolute Gasteiger partial charge is 0.317 e. The average Bonchev–Trinajstić information content (AvgIpc) is 2.87. The summed E-state index contributed by atoms with van der Waals surface area (Å²) >= 11 is 12.4. The van der Waals surface area contributed by atoms with E-state index in [4.69, 9.17) is 28.3 Å². The summed E-state index contributed by atoms with van der Waals surface area (Å²) in [6.45, 7) is 1.64. The number of carbonyl (C=O) groups is 2. The van der Waals surface area contributed by atoms with Crippen LogP contribution >= 0.6 is 23.2 Å². The first-order valence-electron chi connectivity index (χ1n) is 13.4. The lowest BCUT2D eigenvalue weighted by molar-refractivity contribution is -0.138. The highest BCUT2D eigenvalue weighted by molar-refractivity contribution is 6.30. The van der Waals surface area contributed by atoms with E-state index in [9.17, 15) is 9.59 Å². The molecule has 3 N–H and O–H groups in total. The van der Waals surface area contributed by atoms with Crippen LogP contribution in [0.1, 0.15) is 55.6 Å². The summed E-state index contributed by atoms with van der Waals surface area (Å²) in [5.74, 6) is 0.374. The van der Waals surface area contributed by atoms with Crippen molar-refractivity contribution in [2.24, 2.45) is 11.8 Å². The molecule has 0 bridgehead atoms. The second-order valence-electron chi connectivity index (χ2n) is 10.9. The number of fused-ring (bicyclic) bond motifs is 1. The minimum Gasteiger partial charge on any atom is -0.480 e. The van der Waals surface area contributed by atoms with E-state index in [0.717, 1.165) is 55.2 Å². The molecule has 6 nitrogen and oxygen atoms in total. The standard InChI is InChI=1S/C29H35Cl2N3O3/c30-21-6-1-18(2-7-21)29(19-3-8-22(31)9-4-19)20-5-10-25-24(15-20)26(16-27(35)33-25)32-23-11-13-34(14-12-23)17-28(36)37/h1-4,6-9,20,23-26,29,32H,5,10-17H2,(H,33,35)(H,36,37). The molecule has 37 heavy (non-hydrogen) atoms. The third kappa shape index (κ3) is 6.48. The van der Waals surface area contributed by atoms with Gasteiger partial charge in [-0.1, -0.05) is 47.5 Å². The quantitative estimate of drug-likeness (QED) is 0.460. The summed E-state index contributed by atoms with van der Waals surface area (Å²) in [7, 11) is 0. The number of piperidine rings is 2. The molecule has 5 rings (SSSR count). The molecular formula is C29H35Cl2N3O3. The molecule has 3 aliphatic rings. The average molecular weight is 545 g/mol. The Morgan fingerprint density at radius 3 is 2.14 bits per heavy atom. The zero-order valence-corrected chi connectivity index (χ0v) is 22.4. The third-order valence-corrected chi connectivity index (χ3v) is 9.04. The van der Waals surface area contributed by atoms with Crippen molar-refractivity contribution in [2.45, 2.75) is 62.6 Å². The van der Waals surface area contributed by atoms with Gasteiger partial charge in [0.2, 0.25) is 5.91 Å². The van der Waals surface area contributed by atoms with Crippen LogP contribution in [0.2, 0.25) is 10.0 Å². The van der Waals surface area contributed by atoms with E-state index in [1.807, 2.05) is 29.2 Å². The number of carbonyl (C=O) groups excluding carboxylic acids is 1. The number of benzene rings is 2. The van der Waals surface area contributed by atoms with E-state index in [0.29, 0.717) is 24.3 Å².